The largest absolute Gasteiger partial charge is 0.467 e. The fourth-order valence-corrected chi connectivity index (χ4v) is 1.84. The number of halogens is 1. The van der Waals surface area contributed by atoms with Crippen molar-refractivity contribution in [2.75, 3.05) is 10.6 Å². The highest BCUT2D eigenvalue weighted by atomic mass is 19.1. The Balaban J connectivity index is 1.57. The van der Waals surface area contributed by atoms with Crippen LogP contribution in [-0.4, -0.2) is 15.2 Å². The molecule has 2 heterocycles. The molecule has 0 atom stereocenters. The van der Waals surface area contributed by atoms with E-state index in [-0.39, 0.29) is 5.82 Å². The Labute approximate surface area is 126 Å². The number of nitrogens with zero attached hydrogens (tertiary/aromatic N) is 3. The summed E-state index contributed by atoms with van der Waals surface area (Å²) < 4.78 is 18.1. The topological polar surface area (TPSA) is 75.9 Å². The second kappa shape index (κ2) is 6.66. The lowest BCUT2D eigenvalue weighted by Gasteiger charge is -2.07. The molecule has 0 aliphatic heterocycles. The molecule has 0 saturated heterocycles. The van der Waals surface area contributed by atoms with Crippen molar-refractivity contribution in [2.45, 2.75) is 13.1 Å². The molecule has 3 aromatic rings. The lowest BCUT2D eigenvalue weighted by atomic mass is 10.2. The lowest BCUT2D eigenvalue weighted by molar-refractivity contribution is 0.517. The number of rotatable bonds is 6. The van der Waals surface area contributed by atoms with Gasteiger partial charge in [0.25, 0.3) is 0 Å². The fraction of sp³-hybridized carbons (Fsp3) is 0.133. The molecule has 22 heavy (non-hydrogen) atoms. The van der Waals surface area contributed by atoms with Gasteiger partial charge in [-0.1, -0.05) is 12.1 Å². The molecule has 2 aromatic heterocycles. The predicted molar refractivity (Wildman–Crippen MR) is 79.6 cm³/mol. The number of furan rings is 1. The molecule has 0 spiro atoms. The van der Waals surface area contributed by atoms with Crippen molar-refractivity contribution in [1.82, 2.24) is 15.2 Å². The van der Waals surface area contributed by atoms with Crippen molar-refractivity contribution in [3.05, 3.63) is 66.0 Å². The summed E-state index contributed by atoms with van der Waals surface area (Å²) in [6.07, 6.45) is 3.14. The highest BCUT2D eigenvalue weighted by Crippen LogP contribution is 2.09. The minimum Gasteiger partial charge on any atom is -0.467 e. The van der Waals surface area contributed by atoms with E-state index in [2.05, 4.69) is 25.8 Å². The van der Waals surface area contributed by atoms with Crippen LogP contribution in [0.3, 0.4) is 0 Å². The Kier molecular flexibility index (Phi) is 4.24. The highest BCUT2D eigenvalue weighted by Gasteiger charge is 2.02. The third kappa shape index (κ3) is 3.78. The average Bonchev–Trinajstić information content (AvgIpc) is 3.06. The molecule has 0 aliphatic carbocycles. The molecular formula is C15H14FN5O. The zero-order chi connectivity index (χ0) is 15.2. The van der Waals surface area contributed by atoms with Crippen LogP contribution < -0.4 is 10.6 Å². The van der Waals surface area contributed by atoms with E-state index in [0.717, 1.165) is 11.3 Å². The maximum absolute atomic E-state index is 12.8. The van der Waals surface area contributed by atoms with Crippen LogP contribution in [0.2, 0.25) is 0 Å². The summed E-state index contributed by atoms with van der Waals surface area (Å²) >= 11 is 0. The standard InChI is InChI=1S/C15H14FN5O/c16-12-5-3-11(4-6-12)8-17-14-10-19-21-15(20-14)18-9-13-2-1-7-22-13/h1-7,10H,8-9H2,(H2,17,18,20,21). The van der Waals surface area contributed by atoms with Crippen LogP contribution in [0.25, 0.3) is 0 Å². The molecule has 3 rings (SSSR count). The van der Waals surface area contributed by atoms with Crippen LogP contribution in [0.5, 0.6) is 0 Å². The van der Waals surface area contributed by atoms with Gasteiger partial charge in [-0.25, -0.2) is 4.39 Å². The second-order valence-electron chi connectivity index (χ2n) is 4.58. The van der Waals surface area contributed by atoms with Gasteiger partial charge in [0, 0.05) is 6.54 Å². The number of aromatic nitrogens is 3. The zero-order valence-corrected chi connectivity index (χ0v) is 11.7. The van der Waals surface area contributed by atoms with Gasteiger partial charge >= 0.3 is 0 Å². The van der Waals surface area contributed by atoms with E-state index in [1.54, 1.807) is 18.4 Å². The summed E-state index contributed by atoms with van der Waals surface area (Å²) in [5, 5.41) is 13.9. The molecule has 0 aliphatic rings. The second-order valence-corrected chi connectivity index (χ2v) is 4.58. The van der Waals surface area contributed by atoms with E-state index in [9.17, 15) is 4.39 Å². The van der Waals surface area contributed by atoms with Gasteiger partial charge in [-0.15, -0.1) is 5.10 Å². The van der Waals surface area contributed by atoms with Crippen molar-refractivity contribution < 1.29 is 8.81 Å². The van der Waals surface area contributed by atoms with Crippen molar-refractivity contribution in [1.29, 1.82) is 0 Å². The van der Waals surface area contributed by atoms with E-state index in [1.165, 1.54) is 18.3 Å². The van der Waals surface area contributed by atoms with Gasteiger partial charge in [-0.2, -0.15) is 10.1 Å². The minimum absolute atomic E-state index is 0.253. The van der Waals surface area contributed by atoms with E-state index in [1.807, 2.05) is 12.1 Å². The van der Waals surface area contributed by atoms with Crippen LogP contribution in [0.4, 0.5) is 16.2 Å². The number of benzene rings is 1. The van der Waals surface area contributed by atoms with Crippen molar-refractivity contribution >= 4 is 11.8 Å². The van der Waals surface area contributed by atoms with Gasteiger partial charge in [0.05, 0.1) is 19.0 Å². The molecule has 6 nitrogen and oxygen atoms in total. The first-order chi connectivity index (χ1) is 10.8. The Bertz CT molecular complexity index is 715. The minimum atomic E-state index is -0.253. The van der Waals surface area contributed by atoms with Crippen molar-refractivity contribution in [3.63, 3.8) is 0 Å². The smallest absolute Gasteiger partial charge is 0.245 e. The highest BCUT2D eigenvalue weighted by molar-refractivity contribution is 5.38. The maximum atomic E-state index is 12.8. The lowest BCUT2D eigenvalue weighted by Crippen LogP contribution is -2.07. The summed E-state index contributed by atoms with van der Waals surface area (Å²) in [7, 11) is 0. The Morgan fingerprint density at radius 2 is 1.91 bits per heavy atom. The molecule has 7 heteroatoms. The molecule has 2 N–H and O–H groups in total. The Morgan fingerprint density at radius 3 is 2.68 bits per heavy atom. The molecule has 0 amide bonds. The SMILES string of the molecule is Fc1ccc(CNc2cnnc(NCc3ccco3)n2)cc1. The first-order valence-electron chi connectivity index (χ1n) is 6.74. The molecule has 112 valence electrons. The summed E-state index contributed by atoms with van der Waals surface area (Å²) in [5.41, 5.74) is 0.949. The van der Waals surface area contributed by atoms with Crippen LogP contribution in [0.1, 0.15) is 11.3 Å². The molecule has 0 saturated carbocycles. The van der Waals surface area contributed by atoms with Gasteiger partial charge < -0.3 is 15.1 Å². The third-order valence-corrected chi connectivity index (χ3v) is 2.95. The summed E-state index contributed by atoms with van der Waals surface area (Å²) in [6.45, 7) is 1.01. The molecule has 0 fully saturated rings. The maximum Gasteiger partial charge on any atom is 0.245 e. The Morgan fingerprint density at radius 1 is 1.05 bits per heavy atom. The first-order valence-corrected chi connectivity index (χ1v) is 6.74. The van der Waals surface area contributed by atoms with Gasteiger partial charge in [0.1, 0.15) is 11.6 Å². The molecule has 1 aromatic carbocycles. The van der Waals surface area contributed by atoms with Crippen LogP contribution in [0, 0.1) is 5.82 Å². The number of anilines is 2. The van der Waals surface area contributed by atoms with Crippen LogP contribution in [0.15, 0.2) is 53.3 Å². The van der Waals surface area contributed by atoms with E-state index >= 15 is 0 Å². The van der Waals surface area contributed by atoms with E-state index in [0.29, 0.717) is 24.9 Å². The predicted octanol–water partition coefficient (Wildman–Crippen LogP) is 2.83. The summed E-state index contributed by atoms with van der Waals surface area (Å²) in [4.78, 5) is 4.29. The zero-order valence-electron chi connectivity index (χ0n) is 11.7. The normalized spacial score (nSPS) is 10.4. The molecule has 0 bridgehead atoms. The molecular weight excluding hydrogens is 285 g/mol. The van der Waals surface area contributed by atoms with Gasteiger partial charge in [0.2, 0.25) is 5.95 Å². The van der Waals surface area contributed by atoms with Crippen LogP contribution >= 0.6 is 0 Å². The van der Waals surface area contributed by atoms with E-state index in [4.69, 9.17) is 4.42 Å². The van der Waals surface area contributed by atoms with Gasteiger partial charge in [-0.05, 0) is 29.8 Å². The summed E-state index contributed by atoms with van der Waals surface area (Å²) in [5.74, 6) is 1.52. The van der Waals surface area contributed by atoms with E-state index < -0.39 is 0 Å². The van der Waals surface area contributed by atoms with Crippen molar-refractivity contribution in [2.24, 2.45) is 0 Å². The summed E-state index contributed by atoms with van der Waals surface area (Å²) in [6, 6.07) is 9.95. The fourth-order valence-electron chi connectivity index (χ4n) is 1.84. The number of hydrogen-bond acceptors (Lipinski definition) is 6. The van der Waals surface area contributed by atoms with Crippen molar-refractivity contribution in [3.8, 4) is 0 Å². The third-order valence-electron chi connectivity index (χ3n) is 2.95. The number of nitrogens with one attached hydrogen (secondary N) is 2. The quantitative estimate of drug-likeness (QED) is 0.729. The van der Waals surface area contributed by atoms with Gasteiger partial charge in [-0.3, -0.25) is 0 Å². The monoisotopic (exact) mass is 299 g/mol. The first kappa shape index (κ1) is 14.0. The van der Waals surface area contributed by atoms with Gasteiger partial charge in [0.15, 0.2) is 5.82 Å². The average molecular weight is 299 g/mol. The molecule has 0 unspecified atom stereocenters. The molecule has 0 radical (unpaired) electrons. The number of hydrogen-bond donors (Lipinski definition) is 2. The van der Waals surface area contributed by atoms with Crippen LogP contribution in [-0.2, 0) is 13.1 Å². The Hall–Kier alpha value is -2.96.